The predicted molar refractivity (Wildman–Crippen MR) is 140 cm³/mol. The number of aromatic nitrogens is 3. The van der Waals surface area contributed by atoms with Crippen molar-refractivity contribution < 1.29 is 12.6 Å². The lowest BCUT2D eigenvalue weighted by Gasteiger charge is -2.21. The molecular weight excluding hydrogens is 481 g/mol. The average Bonchev–Trinajstić information content (AvgIpc) is 3.67. The minimum absolute atomic E-state index is 0.00272. The summed E-state index contributed by atoms with van der Waals surface area (Å²) in [7, 11) is -0.876. The van der Waals surface area contributed by atoms with Crippen molar-refractivity contribution in [3.05, 3.63) is 84.8 Å². The van der Waals surface area contributed by atoms with Crippen LogP contribution >= 0.6 is 0 Å². The standard InChI is InChI=1S/C25H26BN3O6S/c1-14-4-12-19(13-5-14)36(33,34)35-21-15(2)23(30)27(3)22-20(21)24(31)29(18-10-11-18)25(32)28(22)17-8-6-16(26)7-9-17/h4-6,8-9,12-13,16,18H,7,10-11,26H2,1-3H3. The number of benzene rings is 1. The second-order valence-corrected chi connectivity index (χ2v) is 11.1. The molecular formula is C25H26BN3O6S. The van der Waals surface area contributed by atoms with E-state index in [-0.39, 0.29) is 39.1 Å². The van der Waals surface area contributed by atoms with E-state index in [0.717, 1.165) is 10.1 Å². The molecule has 1 aromatic carbocycles. The molecule has 9 nitrogen and oxygen atoms in total. The first-order valence-corrected chi connectivity index (χ1v) is 13.2. The van der Waals surface area contributed by atoms with E-state index >= 15 is 0 Å². The van der Waals surface area contributed by atoms with Gasteiger partial charge in [0.2, 0.25) is 0 Å². The van der Waals surface area contributed by atoms with Gasteiger partial charge in [-0.15, -0.1) is 0 Å². The highest BCUT2D eigenvalue weighted by molar-refractivity contribution is 7.87. The number of aryl methyl sites for hydroxylation is 2. The van der Waals surface area contributed by atoms with Crippen molar-refractivity contribution in [1.82, 2.24) is 13.7 Å². The van der Waals surface area contributed by atoms with Gasteiger partial charge in [-0.25, -0.2) is 9.36 Å². The number of hydrogen-bond acceptors (Lipinski definition) is 6. The Balaban J connectivity index is 1.87. The summed E-state index contributed by atoms with van der Waals surface area (Å²) in [6.07, 6.45) is 7.61. The van der Waals surface area contributed by atoms with Crippen molar-refractivity contribution in [1.29, 1.82) is 0 Å². The van der Waals surface area contributed by atoms with Crippen molar-refractivity contribution in [2.24, 2.45) is 7.05 Å². The monoisotopic (exact) mass is 507 g/mol. The maximum atomic E-state index is 13.7. The molecule has 0 amide bonds. The average molecular weight is 507 g/mol. The zero-order chi connectivity index (χ0) is 25.9. The molecule has 0 bridgehead atoms. The van der Waals surface area contributed by atoms with Gasteiger partial charge in [0.25, 0.3) is 11.1 Å². The van der Waals surface area contributed by atoms with Gasteiger partial charge in [-0.2, -0.15) is 8.42 Å². The molecule has 1 unspecified atom stereocenters. The van der Waals surface area contributed by atoms with Crippen LogP contribution in [0.1, 0.15) is 36.4 Å². The predicted octanol–water partition coefficient (Wildman–Crippen LogP) is 1.80. The minimum atomic E-state index is -4.38. The van der Waals surface area contributed by atoms with Gasteiger partial charge in [-0.05, 0) is 57.1 Å². The molecule has 2 heterocycles. The summed E-state index contributed by atoms with van der Waals surface area (Å²) >= 11 is 0. The fraction of sp³-hybridized carbons (Fsp3) is 0.320. The molecule has 11 heteroatoms. The van der Waals surface area contributed by atoms with Crippen molar-refractivity contribution in [3.8, 4) is 5.75 Å². The number of nitrogens with zero attached hydrogens (tertiary/aromatic N) is 3. The molecule has 3 aromatic rings. The molecule has 2 aromatic heterocycles. The molecule has 0 spiro atoms. The van der Waals surface area contributed by atoms with E-state index in [1.54, 1.807) is 18.2 Å². The third kappa shape index (κ3) is 3.87. The third-order valence-corrected chi connectivity index (χ3v) is 7.98. The molecule has 5 rings (SSSR count). The van der Waals surface area contributed by atoms with Crippen LogP contribution < -0.4 is 21.0 Å². The highest BCUT2D eigenvalue weighted by Gasteiger charge is 2.33. The van der Waals surface area contributed by atoms with Gasteiger partial charge in [0, 0.05) is 18.8 Å². The smallest absolute Gasteiger partial charge is 0.339 e. The Morgan fingerprint density at radius 2 is 1.69 bits per heavy atom. The Morgan fingerprint density at radius 1 is 1.03 bits per heavy atom. The van der Waals surface area contributed by atoms with E-state index in [9.17, 15) is 22.8 Å². The highest BCUT2D eigenvalue weighted by atomic mass is 32.2. The maximum Gasteiger partial charge on any atom is 0.339 e. The van der Waals surface area contributed by atoms with Crippen LogP contribution in [0.2, 0.25) is 5.82 Å². The molecule has 2 aliphatic rings. The molecule has 36 heavy (non-hydrogen) atoms. The lowest BCUT2D eigenvalue weighted by atomic mass is 9.82. The van der Waals surface area contributed by atoms with Crippen LogP contribution in [0, 0.1) is 13.8 Å². The van der Waals surface area contributed by atoms with Gasteiger partial charge < -0.3 is 4.18 Å². The summed E-state index contributed by atoms with van der Waals surface area (Å²) in [5.41, 5.74) is -0.458. The number of rotatable bonds is 5. The summed E-state index contributed by atoms with van der Waals surface area (Å²) in [4.78, 5) is 40.5. The van der Waals surface area contributed by atoms with Gasteiger partial charge in [-0.3, -0.25) is 18.7 Å². The van der Waals surface area contributed by atoms with Crippen molar-refractivity contribution in [2.75, 3.05) is 0 Å². The largest absolute Gasteiger partial charge is 0.377 e. The lowest BCUT2D eigenvalue weighted by molar-refractivity contribution is 0.484. The van der Waals surface area contributed by atoms with E-state index < -0.39 is 26.9 Å². The number of fused-ring (bicyclic) bond motifs is 1. The summed E-state index contributed by atoms with van der Waals surface area (Å²) in [6, 6.07) is 5.78. The number of hydrogen-bond donors (Lipinski definition) is 0. The third-order valence-electron chi connectivity index (χ3n) is 6.74. The first-order valence-electron chi connectivity index (χ1n) is 11.8. The Bertz CT molecular complexity index is 1760. The van der Waals surface area contributed by atoms with Crippen LogP contribution in [0.25, 0.3) is 16.7 Å². The number of allylic oxidation sites excluding steroid dienone is 4. The Morgan fingerprint density at radius 3 is 2.28 bits per heavy atom. The summed E-state index contributed by atoms with van der Waals surface area (Å²) in [5.74, 6) is -0.0785. The quantitative estimate of drug-likeness (QED) is 0.385. The summed E-state index contributed by atoms with van der Waals surface area (Å²) in [6.45, 7) is 3.24. The van der Waals surface area contributed by atoms with E-state index in [1.807, 2.05) is 26.9 Å². The van der Waals surface area contributed by atoms with Crippen LogP contribution in [0.5, 0.6) is 5.75 Å². The zero-order valence-electron chi connectivity index (χ0n) is 20.5. The zero-order valence-corrected chi connectivity index (χ0v) is 21.3. The second-order valence-electron chi connectivity index (χ2n) is 9.59. The van der Waals surface area contributed by atoms with Crippen molar-refractivity contribution >= 4 is 34.7 Å². The molecule has 0 N–H and O–H groups in total. The van der Waals surface area contributed by atoms with E-state index in [2.05, 4.69) is 0 Å². The Kier molecular flexibility index (Phi) is 5.70. The second kappa shape index (κ2) is 8.51. The number of pyridine rings is 1. The maximum absolute atomic E-state index is 13.7. The molecule has 1 saturated carbocycles. The first-order chi connectivity index (χ1) is 17.0. The van der Waals surface area contributed by atoms with Gasteiger partial charge in [0.1, 0.15) is 23.8 Å². The topological polar surface area (TPSA) is 109 Å². The van der Waals surface area contributed by atoms with Gasteiger partial charge >= 0.3 is 15.8 Å². The highest BCUT2D eigenvalue weighted by Crippen LogP contribution is 2.35. The Labute approximate surface area is 208 Å². The summed E-state index contributed by atoms with van der Waals surface area (Å²) < 4.78 is 35.6. The molecule has 186 valence electrons. The fourth-order valence-corrected chi connectivity index (χ4v) is 5.49. The molecule has 1 atom stereocenters. The molecule has 1 fully saturated rings. The minimum Gasteiger partial charge on any atom is -0.377 e. The molecule has 0 saturated heterocycles. The SMILES string of the molecule is BC1C=CC(n2c(=O)n(C3CC3)c(=O)c3c(OS(=O)(=O)c4ccc(C)cc4)c(C)c(=O)n(C)c32)=CC1. The van der Waals surface area contributed by atoms with Crippen LogP contribution in [-0.2, 0) is 17.2 Å². The molecule has 0 aliphatic heterocycles. The van der Waals surface area contributed by atoms with E-state index in [1.165, 1.54) is 35.2 Å². The lowest BCUT2D eigenvalue weighted by Crippen LogP contribution is -2.42. The van der Waals surface area contributed by atoms with Gasteiger partial charge in [0.05, 0.1) is 5.56 Å². The fourth-order valence-electron chi connectivity index (χ4n) is 4.50. The van der Waals surface area contributed by atoms with Crippen LogP contribution in [0.4, 0.5) is 0 Å². The van der Waals surface area contributed by atoms with Gasteiger partial charge in [0.15, 0.2) is 5.75 Å². The van der Waals surface area contributed by atoms with E-state index in [0.29, 0.717) is 25.0 Å². The van der Waals surface area contributed by atoms with Crippen LogP contribution in [0.3, 0.4) is 0 Å². The molecule has 0 radical (unpaired) electrons. The summed E-state index contributed by atoms with van der Waals surface area (Å²) in [5, 5.41) is -0.121. The first kappa shape index (κ1) is 24.1. The van der Waals surface area contributed by atoms with Crippen LogP contribution in [0.15, 0.2) is 61.8 Å². The van der Waals surface area contributed by atoms with Crippen molar-refractivity contribution in [3.63, 3.8) is 0 Å². The normalized spacial score (nSPS) is 17.9. The Hall–Kier alpha value is -3.60. The van der Waals surface area contributed by atoms with Crippen molar-refractivity contribution in [2.45, 2.75) is 49.9 Å². The van der Waals surface area contributed by atoms with Crippen LogP contribution in [-0.4, -0.2) is 30.0 Å². The van der Waals surface area contributed by atoms with Gasteiger partial charge in [-0.1, -0.05) is 29.8 Å². The van der Waals surface area contributed by atoms with E-state index in [4.69, 9.17) is 4.18 Å². The molecule has 2 aliphatic carbocycles.